The topological polar surface area (TPSA) is 17.1 Å². The van der Waals surface area contributed by atoms with E-state index in [1.54, 1.807) is 25.1 Å². The van der Waals surface area contributed by atoms with Crippen molar-refractivity contribution in [2.45, 2.75) is 19.3 Å². The Kier molecular flexibility index (Phi) is 6.92. The van der Waals surface area contributed by atoms with Crippen LogP contribution in [-0.4, -0.2) is 24.4 Å². The van der Waals surface area contributed by atoms with Gasteiger partial charge in [0.1, 0.15) is 0 Å². The summed E-state index contributed by atoms with van der Waals surface area (Å²) in [6.45, 7) is 1.63. The van der Waals surface area contributed by atoms with Gasteiger partial charge in [0.25, 0.3) is 0 Å². The molecule has 1 atom stereocenters. The molecule has 25 heavy (non-hydrogen) atoms. The molecule has 0 saturated heterocycles. The number of hydrogen-bond acceptors (Lipinski definition) is 1. The Morgan fingerprint density at radius 1 is 0.840 bits per heavy atom. The van der Waals surface area contributed by atoms with E-state index in [1.165, 1.54) is 6.07 Å². The van der Waals surface area contributed by atoms with E-state index in [0.29, 0.717) is 29.1 Å². The van der Waals surface area contributed by atoms with Crippen LogP contribution in [0.2, 0.25) is 0 Å². The number of rotatable bonds is 3. The minimum absolute atomic E-state index is 0. The van der Waals surface area contributed by atoms with Crippen LogP contribution in [0.4, 0.5) is 26.3 Å². The maximum Gasteiger partial charge on any atom is 0.417 e. The molecule has 0 N–H and O–H groups in total. The zero-order chi connectivity index (χ0) is 18.1. The second-order valence-corrected chi connectivity index (χ2v) is 6.24. The summed E-state index contributed by atoms with van der Waals surface area (Å²) < 4.78 is 78.5. The monoisotopic (exact) mass is 371 g/mol. The third-order valence-electron chi connectivity index (χ3n) is 3.30. The van der Waals surface area contributed by atoms with E-state index >= 15 is 0 Å². The van der Waals surface area contributed by atoms with E-state index in [4.69, 9.17) is 0 Å². The van der Waals surface area contributed by atoms with Crippen molar-refractivity contribution in [1.29, 1.82) is 0 Å². The number of carbonyl (C=O) groups excluding carboxylic acids is 1. The van der Waals surface area contributed by atoms with E-state index in [-0.39, 0.29) is 18.9 Å². The van der Waals surface area contributed by atoms with Gasteiger partial charge in [-0.05, 0) is 38.5 Å². The molecule has 0 heterocycles. The van der Waals surface area contributed by atoms with Crippen LogP contribution in [0.15, 0.2) is 42.5 Å². The molecule has 0 saturated carbocycles. The van der Waals surface area contributed by atoms with Crippen LogP contribution in [0.3, 0.4) is 0 Å². The summed E-state index contributed by atoms with van der Waals surface area (Å²) in [7, 11) is -0.833. The molecule has 2 rings (SSSR count). The molecule has 0 fully saturated rings. The largest absolute Gasteiger partial charge is 0.417 e. The molecule has 0 aliphatic heterocycles. The molecule has 0 aromatic heterocycles. The SMILES string of the molecule is Cc1ccccc1PC(=O)c1c(C(F)(F)F)cccc1C(F)(F)F.[Li]. The molecule has 2 aromatic rings. The first-order chi connectivity index (χ1) is 11.0. The zero-order valence-electron chi connectivity index (χ0n) is 13.2. The maximum absolute atomic E-state index is 13.1. The maximum atomic E-state index is 13.1. The van der Waals surface area contributed by atoms with Crippen molar-refractivity contribution in [2.75, 3.05) is 0 Å². The number of alkyl halides is 6. The van der Waals surface area contributed by atoms with E-state index in [1.807, 2.05) is 0 Å². The molecule has 1 radical (unpaired) electrons. The number of carbonyl (C=O) groups is 1. The quantitative estimate of drug-likeness (QED) is 0.431. The molecule has 129 valence electrons. The van der Waals surface area contributed by atoms with Crippen LogP contribution in [0.5, 0.6) is 0 Å². The van der Waals surface area contributed by atoms with Crippen molar-refractivity contribution >= 4 is 38.3 Å². The van der Waals surface area contributed by atoms with Gasteiger partial charge in [-0.2, -0.15) is 26.3 Å². The van der Waals surface area contributed by atoms with Gasteiger partial charge in [-0.15, -0.1) is 0 Å². The molecular weight excluding hydrogens is 360 g/mol. The van der Waals surface area contributed by atoms with Crippen molar-refractivity contribution in [3.05, 3.63) is 64.7 Å². The summed E-state index contributed by atoms with van der Waals surface area (Å²) in [4.78, 5) is 12.3. The van der Waals surface area contributed by atoms with Crippen LogP contribution >= 0.6 is 8.58 Å². The summed E-state index contributed by atoms with van der Waals surface area (Å²) in [5.74, 6) is 0. The minimum atomic E-state index is -5.05. The van der Waals surface area contributed by atoms with E-state index < -0.39 is 43.1 Å². The first-order valence-corrected chi connectivity index (χ1v) is 7.66. The van der Waals surface area contributed by atoms with Crippen molar-refractivity contribution in [3.8, 4) is 0 Å². The molecule has 1 unspecified atom stereocenters. The van der Waals surface area contributed by atoms with E-state index in [9.17, 15) is 31.1 Å². The molecule has 9 heteroatoms. The summed E-state index contributed by atoms with van der Waals surface area (Å²) in [5.41, 5.74) is -5.02. The second kappa shape index (κ2) is 7.95. The number of hydrogen-bond donors (Lipinski definition) is 0. The predicted octanol–water partition coefficient (Wildman–Crippen LogP) is 4.80. The average molecular weight is 371 g/mol. The van der Waals surface area contributed by atoms with Gasteiger partial charge >= 0.3 is 12.4 Å². The Labute approximate surface area is 153 Å². The Hall–Kier alpha value is -1.28. The molecule has 1 nitrogen and oxygen atoms in total. The van der Waals surface area contributed by atoms with Gasteiger partial charge in [0, 0.05) is 24.4 Å². The minimum Gasteiger partial charge on any atom is -0.289 e. The molecule has 0 aliphatic carbocycles. The standard InChI is InChI=1S/C16H11F6OP.Li/c1-9-5-2-3-8-12(9)24-14(23)13-10(15(17,18)19)6-4-7-11(13)16(20,21)22;/h2-8,24H,1H3;. The number of aryl methyl sites for hydroxylation is 1. The van der Waals surface area contributed by atoms with Gasteiger partial charge in [0.15, 0.2) is 5.52 Å². The smallest absolute Gasteiger partial charge is 0.289 e. The third kappa shape index (κ3) is 5.10. The van der Waals surface area contributed by atoms with Crippen LogP contribution in [0.1, 0.15) is 27.0 Å². The van der Waals surface area contributed by atoms with Crippen LogP contribution in [0.25, 0.3) is 0 Å². The Balaban J connectivity index is 0.00000312. The molecule has 0 bridgehead atoms. The van der Waals surface area contributed by atoms with Gasteiger partial charge in [0.2, 0.25) is 0 Å². The summed E-state index contributed by atoms with van der Waals surface area (Å²) in [6, 6.07) is 8.02. The molecular formula is C16H11F6LiOP. The Morgan fingerprint density at radius 3 is 1.76 bits per heavy atom. The summed E-state index contributed by atoms with van der Waals surface area (Å²) >= 11 is 0. The van der Waals surface area contributed by atoms with Crippen molar-refractivity contribution < 1.29 is 31.1 Å². The first-order valence-electron chi connectivity index (χ1n) is 6.66. The number of halogens is 6. The van der Waals surface area contributed by atoms with Crippen LogP contribution in [0, 0.1) is 6.92 Å². The molecule has 0 spiro atoms. The van der Waals surface area contributed by atoms with Gasteiger partial charge in [-0.25, -0.2) is 0 Å². The van der Waals surface area contributed by atoms with Gasteiger partial charge in [-0.3, -0.25) is 4.79 Å². The van der Waals surface area contributed by atoms with Crippen LogP contribution in [-0.2, 0) is 12.4 Å². The van der Waals surface area contributed by atoms with Crippen molar-refractivity contribution in [1.82, 2.24) is 0 Å². The Bertz CT molecular complexity index is 738. The third-order valence-corrected chi connectivity index (χ3v) is 4.60. The normalized spacial score (nSPS) is 12.3. The van der Waals surface area contributed by atoms with Gasteiger partial charge in [0.05, 0.1) is 11.1 Å². The predicted molar refractivity (Wildman–Crippen MR) is 85.7 cm³/mol. The second-order valence-electron chi connectivity index (χ2n) is 4.99. The molecule has 0 aliphatic rings. The number of benzene rings is 2. The summed E-state index contributed by atoms with van der Waals surface area (Å²) in [6.07, 6.45) is -10.1. The van der Waals surface area contributed by atoms with E-state index in [0.717, 1.165) is 0 Å². The van der Waals surface area contributed by atoms with Gasteiger partial charge < -0.3 is 0 Å². The van der Waals surface area contributed by atoms with Crippen molar-refractivity contribution in [3.63, 3.8) is 0 Å². The van der Waals surface area contributed by atoms with E-state index in [2.05, 4.69) is 0 Å². The first kappa shape index (κ1) is 21.8. The zero-order valence-corrected chi connectivity index (χ0v) is 14.2. The molecule has 2 aromatic carbocycles. The fourth-order valence-corrected chi connectivity index (χ4v) is 3.27. The van der Waals surface area contributed by atoms with Crippen LogP contribution < -0.4 is 5.30 Å². The van der Waals surface area contributed by atoms with Gasteiger partial charge in [-0.1, -0.05) is 30.3 Å². The fourth-order valence-electron chi connectivity index (χ4n) is 2.17. The summed E-state index contributed by atoms with van der Waals surface area (Å²) in [5, 5.41) is 0.410. The fraction of sp³-hybridized carbons (Fsp3) is 0.188. The van der Waals surface area contributed by atoms with Crippen molar-refractivity contribution in [2.24, 2.45) is 0 Å². The average Bonchev–Trinajstić information content (AvgIpc) is 2.47. The Morgan fingerprint density at radius 2 is 1.32 bits per heavy atom. The molecule has 0 amide bonds.